The Morgan fingerprint density at radius 3 is 2.13 bits per heavy atom. The van der Waals surface area contributed by atoms with Crippen LogP contribution in [0, 0.1) is 34.3 Å². The van der Waals surface area contributed by atoms with Crippen LogP contribution in [0.15, 0.2) is 108 Å². The third kappa shape index (κ3) is 5.83. The highest BCUT2D eigenvalue weighted by Crippen LogP contribution is 2.47. The van der Waals surface area contributed by atoms with Crippen LogP contribution in [0.1, 0.15) is 33.5 Å². The lowest BCUT2D eigenvalue weighted by Gasteiger charge is -2.15. The zero-order valence-corrected chi connectivity index (χ0v) is 25.3. The number of methoxy groups -OCH3 is 1. The van der Waals surface area contributed by atoms with Gasteiger partial charge in [-0.1, -0.05) is 42.5 Å². The summed E-state index contributed by atoms with van der Waals surface area (Å²) >= 11 is 1.18. The number of benzene rings is 5. The number of hydrogen-bond acceptors (Lipinski definition) is 5. The molecule has 0 unspecified atom stereocenters. The van der Waals surface area contributed by atoms with E-state index in [1.54, 1.807) is 64.6 Å². The fourth-order valence-electron chi connectivity index (χ4n) is 5.46. The van der Waals surface area contributed by atoms with Gasteiger partial charge in [-0.3, -0.25) is 3.97 Å². The fourth-order valence-corrected chi connectivity index (χ4v) is 6.47. The molecular weight excluding hydrogens is 626 g/mol. The van der Waals surface area contributed by atoms with Crippen LogP contribution in [0.4, 0.5) is 17.6 Å². The number of fused-ring (bicyclic) bond motifs is 1. The Morgan fingerprint density at radius 2 is 1.49 bits per heavy atom. The number of carbonyl (C=O) groups is 1. The fraction of sp³-hybridized carbons (Fsp3) is 0.0541. The van der Waals surface area contributed by atoms with Gasteiger partial charge in [0.15, 0.2) is 0 Å². The molecule has 0 radical (unpaired) electrons. The zero-order valence-electron chi connectivity index (χ0n) is 24.5. The number of alkyl halides is 2. The quantitative estimate of drug-likeness (QED) is 0.127. The van der Waals surface area contributed by atoms with Crippen molar-refractivity contribution < 1.29 is 27.1 Å². The molecule has 1 aromatic heterocycles. The second-order valence-corrected chi connectivity index (χ2v) is 11.4. The van der Waals surface area contributed by atoms with Gasteiger partial charge < -0.3 is 4.74 Å². The molecule has 5 nitrogen and oxygen atoms in total. The Balaban J connectivity index is 1.66. The molecule has 5 aromatic carbocycles. The number of rotatable bonds is 7. The third-order valence-electron chi connectivity index (χ3n) is 7.61. The van der Waals surface area contributed by atoms with E-state index < -0.39 is 24.0 Å². The van der Waals surface area contributed by atoms with E-state index in [9.17, 15) is 28.5 Å². The van der Waals surface area contributed by atoms with Crippen LogP contribution in [0.2, 0.25) is 0 Å². The molecule has 0 aliphatic heterocycles. The van der Waals surface area contributed by atoms with Crippen molar-refractivity contribution in [3.8, 4) is 45.6 Å². The average molecular weight is 648 g/mol. The number of esters is 1. The molecule has 6 rings (SSSR count). The van der Waals surface area contributed by atoms with E-state index in [0.29, 0.717) is 38.2 Å². The monoisotopic (exact) mass is 647 g/mol. The highest BCUT2D eigenvalue weighted by molar-refractivity contribution is 7.98. The van der Waals surface area contributed by atoms with E-state index in [1.165, 1.54) is 55.5 Å². The van der Waals surface area contributed by atoms with Crippen LogP contribution < -0.4 is 0 Å². The van der Waals surface area contributed by atoms with E-state index in [-0.39, 0.29) is 33.4 Å². The van der Waals surface area contributed by atoms with Crippen molar-refractivity contribution in [1.29, 1.82) is 10.5 Å². The molecule has 10 heteroatoms. The van der Waals surface area contributed by atoms with Crippen LogP contribution in [0.5, 0.6) is 0 Å². The molecule has 0 N–H and O–H groups in total. The summed E-state index contributed by atoms with van der Waals surface area (Å²) < 4.78 is 63.5. The maximum atomic E-state index is 15.4. The molecule has 0 saturated carbocycles. The van der Waals surface area contributed by atoms with E-state index in [4.69, 9.17) is 4.74 Å². The topological polar surface area (TPSA) is 78.8 Å². The molecule has 0 atom stereocenters. The minimum absolute atomic E-state index is 0.0424. The lowest BCUT2D eigenvalue weighted by Crippen LogP contribution is -2.02. The first-order valence-corrected chi connectivity index (χ1v) is 14.8. The summed E-state index contributed by atoms with van der Waals surface area (Å²) in [6, 6.07) is 29.7. The van der Waals surface area contributed by atoms with Crippen LogP contribution in [-0.4, -0.2) is 17.1 Å². The molecule has 0 amide bonds. The minimum Gasteiger partial charge on any atom is -0.465 e. The second kappa shape index (κ2) is 12.9. The van der Waals surface area contributed by atoms with Crippen LogP contribution in [0.25, 0.3) is 44.4 Å². The van der Waals surface area contributed by atoms with Crippen molar-refractivity contribution in [3.05, 3.63) is 137 Å². The lowest BCUT2D eigenvalue weighted by molar-refractivity contribution is 0.0600. The maximum Gasteiger partial charge on any atom is 0.337 e. The lowest BCUT2D eigenvalue weighted by atomic mass is 9.90. The SMILES string of the molecule is COC(=O)c1ccc(-c2cccc(-c3c(-c4c(C#N)cccc4C#N)c4cc(F)ccc4n3Sc3ccc(C(F)F)cc3)c2)c(F)c1. The average Bonchev–Trinajstić information content (AvgIpc) is 3.39. The van der Waals surface area contributed by atoms with Crippen LogP contribution in [-0.2, 0) is 4.74 Å². The molecule has 6 aromatic rings. The highest BCUT2D eigenvalue weighted by atomic mass is 32.2. The predicted octanol–water partition coefficient (Wildman–Crippen LogP) is 9.94. The first-order valence-electron chi connectivity index (χ1n) is 14.1. The van der Waals surface area contributed by atoms with Gasteiger partial charge in [0.2, 0.25) is 0 Å². The Kier molecular flexibility index (Phi) is 8.53. The zero-order chi connectivity index (χ0) is 33.2. The van der Waals surface area contributed by atoms with Crippen molar-refractivity contribution in [3.63, 3.8) is 0 Å². The Morgan fingerprint density at radius 1 is 0.809 bits per heavy atom. The number of halogens is 4. The van der Waals surface area contributed by atoms with Crippen molar-refractivity contribution in [2.75, 3.05) is 7.11 Å². The van der Waals surface area contributed by atoms with Gasteiger partial charge in [0.05, 0.1) is 47.1 Å². The smallest absolute Gasteiger partial charge is 0.337 e. The molecule has 0 saturated heterocycles. The van der Waals surface area contributed by atoms with Gasteiger partial charge in [0.25, 0.3) is 6.43 Å². The van der Waals surface area contributed by atoms with Gasteiger partial charge >= 0.3 is 5.97 Å². The van der Waals surface area contributed by atoms with Crippen molar-refractivity contribution in [1.82, 2.24) is 3.97 Å². The molecule has 0 bridgehead atoms. The Labute approximate surface area is 271 Å². The normalized spacial score (nSPS) is 11.0. The summed E-state index contributed by atoms with van der Waals surface area (Å²) in [5.74, 6) is -1.90. The van der Waals surface area contributed by atoms with Gasteiger partial charge in [-0.15, -0.1) is 0 Å². The molecule has 0 spiro atoms. The molecule has 230 valence electrons. The van der Waals surface area contributed by atoms with Gasteiger partial charge in [-0.25, -0.2) is 22.4 Å². The van der Waals surface area contributed by atoms with Crippen LogP contribution in [0.3, 0.4) is 0 Å². The molecule has 1 heterocycles. The summed E-state index contributed by atoms with van der Waals surface area (Å²) in [6.45, 7) is 0. The standard InChI is InChI=1S/C37H21F4N3O2S/c1-46-37(45)24-10-14-29(31(39)17-24)22-4-2-5-23(16-22)35-34(33-25(19-42)6-3-7-26(33)20-43)30-18-27(38)11-15-32(30)44(35)47-28-12-8-21(9-13-28)36(40)41/h2-18,36H,1H3. The highest BCUT2D eigenvalue weighted by Gasteiger charge is 2.26. The van der Waals surface area contributed by atoms with Gasteiger partial charge in [0, 0.05) is 38.1 Å². The number of nitriles is 2. The maximum absolute atomic E-state index is 15.4. The summed E-state index contributed by atoms with van der Waals surface area (Å²) in [7, 11) is 1.20. The minimum atomic E-state index is -2.65. The second-order valence-electron chi connectivity index (χ2n) is 10.4. The number of hydrogen-bond donors (Lipinski definition) is 0. The Bertz CT molecular complexity index is 2240. The number of aromatic nitrogens is 1. The van der Waals surface area contributed by atoms with Crippen molar-refractivity contribution in [2.45, 2.75) is 11.3 Å². The van der Waals surface area contributed by atoms with Crippen molar-refractivity contribution in [2.24, 2.45) is 0 Å². The molecule has 0 fully saturated rings. The van der Waals surface area contributed by atoms with Gasteiger partial charge in [0.1, 0.15) is 11.6 Å². The van der Waals surface area contributed by atoms with E-state index >= 15 is 4.39 Å². The first kappa shape index (κ1) is 31.2. The summed E-state index contributed by atoms with van der Waals surface area (Å²) in [5.41, 5.74) is 3.09. The number of carbonyl (C=O) groups excluding carboxylic acids is 1. The largest absolute Gasteiger partial charge is 0.465 e. The Hall–Kier alpha value is -5.84. The van der Waals surface area contributed by atoms with Crippen molar-refractivity contribution >= 4 is 28.8 Å². The number of nitrogens with zero attached hydrogens (tertiary/aromatic N) is 3. The number of ether oxygens (including phenoxy) is 1. The summed E-state index contributed by atoms with van der Waals surface area (Å²) in [4.78, 5) is 12.6. The predicted molar refractivity (Wildman–Crippen MR) is 172 cm³/mol. The van der Waals surface area contributed by atoms with Gasteiger partial charge in [-0.2, -0.15) is 10.5 Å². The van der Waals surface area contributed by atoms with Crippen LogP contribution >= 0.6 is 11.9 Å². The molecule has 47 heavy (non-hydrogen) atoms. The summed E-state index contributed by atoms with van der Waals surface area (Å²) in [5, 5.41) is 20.6. The van der Waals surface area contributed by atoms with E-state index in [2.05, 4.69) is 12.1 Å². The summed E-state index contributed by atoms with van der Waals surface area (Å²) in [6.07, 6.45) is -2.65. The third-order valence-corrected chi connectivity index (χ3v) is 8.65. The molecular formula is C37H21F4N3O2S. The van der Waals surface area contributed by atoms with E-state index in [1.807, 2.05) is 0 Å². The molecule has 0 aliphatic carbocycles. The van der Waals surface area contributed by atoms with Gasteiger partial charge in [-0.05, 0) is 78.2 Å². The molecule has 0 aliphatic rings. The van der Waals surface area contributed by atoms with E-state index in [0.717, 1.165) is 6.07 Å². The first-order chi connectivity index (χ1) is 22.7.